The van der Waals surface area contributed by atoms with Gasteiger partial charge in [0.2, 0.25) is 5.91 Å². The second-order valence-electron chi connectivity index (χ2n) is 5.30. The summed E-state index contributed by atoms with van der Waals surface area (Å²) in [6.07, 6.45) is 1.82. The summed E-state index contributed by atoms with van der Waals surface area (Å²) in [6.45, 7) is 2.12. The van der Waals surface area contributed by atoms with Crippen molar-refractivity contribution in [3.05, 3.63) is 22.2 Å². The van der Waals surface area contributed by atoms with Crippen molar-refractivity contribution in [1.82, 2.24) is 4.90 Å². The van der Waals surface area contributed by atoms with E-state index in [-0.39, 0.29) is 19.1 Å². The molecule has 0 aliphatic carbocycles. The van der Waals surface area contributed by atoms with E-state index >= 15 is 0 Å². The monoisotopic (exact) mass is 331 g/mol. The molecule has 1 aliphatic heterocycles. The molecule has 0 atom stereocenters. The number of carbonyl (C=O) groups excluding carboxylic acids is 1. The predicted octanol–water partition coefficient (Wildman–Crippen LogP) is 2.22. The van der Waals surface area contributed by atoms with Crippen LogP contribution in [0, 0.1) is 5.92 Å². The summed E-state index contributed by atoms with van der Waals surface area (Å²) in [5.41, 5.74) is 6.56. The highest BCUT2D eigenvalue weighted by Gasteiger charge is 2.20. The molecule has 0 aromatic heterocycles. The van der Waals surface area contributed by atoms with E-state index in [1.54, 1.807) is 12.1 Å². The number of nitrogens with two attached hydrogens (primary N) is 1. The van der Waals surface area contributed by atoms with Gasteiger partial charge in [0.25, 0.3) is 0 Å². The first-order valence-corrected chi connectivity index (χ1v) is 7.62. The van der Waals surface area contributed by atoms with Crippen LogP contribution in [0.15, 0.2) is 12.1 Å². The third-order valence-corrected chi connectivity index (χ3v) is 4.20. The minimum Gasteiger partial charge on any atom is -0.397 e. The van der Waals surface area contributed by atoms with Crippen LogP contribution in [-0.2, 0) is 4.79 Å². The van der Waals surface area contributed by atoms with Crippen LogP contribution in [0.1, 0.15) is 12.8 Å². The second-order valence-corrected chi connectivity index (χ2v) is 6.15. The molecule has 0 unspecified atom stereocenters. The highest BCUT2D eigenvalue weighted by Crippen LogP contribution is 2.32. The Balaban J connectivity index is 1.91. The summed E-state index contributed by atoms with van der Waals surface area (Å²) in [4.78, 5) is 14.1. The number of halogens is 2. The Kier molecular flexibility index (Phi) is 5.70. The molecule has 1 saturated heterocycles. The van der Waals surface area contributed by atoms with Crippen molar-refractivity contribution in [2.45, 2.75) is 12.8 Å². The van der Waals surface area contributed by atoms with Gasteiger partial charge in [0.05, 0.1) is 22.9 Å². The zero-order valence-electron chi connectivity index (χ0n) is 11.6. The van der Waals surface area contributed by atoms with Crippen molar-refractivity contribution >= 4 is 40.5 Å². The Morgan fingerprint density at radius 3 is 2.62 bits per heavy atom. The van der Waals surface area contributed by atoms with Crippen LogP contribution < -0.4 is 11.1 Å². The fourth-order valence-electron chi connectivity index (χ4n) is 2.43. The first kappa shape index (κ1) is 16.4. The minimum absolute atomic E-state index is 0.159. The van der Waals surface area contributed by atoms with Gasteiger partial charge < -0.3 is 16.2 Å². The molecule has 116 valence electrons. The van der Waals surface area contributed by atoms with Gasteiger partial charge in [-0.1, -0.05) is 23.2 Å². The maximum Gasteiger partial charge on any atom is 0.238 e. The zero-order chi connectivity index (χ0) is 15.4. The molecule has 1 amide bonds. The molecule has 1 fully saturated rings. The molecule has 4 N–H and O–H groups in total. The molecule has 0 bridgehead atoms. The van der Waals surface area contributed by atoms with Crippen LogP contribution in [0.3, 0.4) is 0 Å². The lowest BCUT2D eigenvalue weighted by atomic mass is 9.98. The van der Waals surface area contributed by atoms with E-state index in [1.807, 2.05) is 0 Å². The number of likely N-dealkylation sites (tertiary alicyclic amines) is 1. The van der Waals surface area contributed by atoms with Crippen molar-refractivity contribution < 1.29 is 9.90 Å². The Labute approximate surface area is 134 Å². The van der Waals surface area contributed by atoms with Crippen molar-refractivity contribution in [3.8, 4) is 0 Å². The van der Waals surface area contributed by atoms with Gasteiger partial charge in [0, 0.05) is 11.6 Å². The highest BCUT2D eigenvalue weighted by molar-refractivity contribution is 6.37. The highest BCUT2D eigenvalue weighted by atomic mass is 35.5. The van der Waals surface area contributed by atoms with Crippen LogP contribution in [0.4, 0.5) is 11.4 Å². The zero-order valence-corrected chi connectivity index (χ0v) is 13.1. The number of hydrogen-bond donors (Lipinski definition) is 3. The van der Waals surface area contributed by atoms with Gasteiger partial charge in [0.15, 0.2) is 0 Å². The lowest BCUT2D eigenvalue weighted by Gasteiger charge is -2.30. The van der Waals surface area contributed by atoms with Gasteiger partial charge in [-0.15, -0.1) is 0 Å². The van der Waals surface area contributed by atoms with E-state index in [0.29, 0.717) is 27.3 Å². The number of nitrogen functional groups attached to an aromatic ring is 1. The fraction of sp³-hybridized carbons (Fsp3) is 0.500. The van der Waals surface area contributed by atoms with E-state index in [4.69, 9.17) is 34.0 Å². The molecule has 7 heteroatoms. The van der Waals surface area contributed by atoms with Crippen molar-refractivity contribution in [3.63, 3.8) is 0 Å². The van der Waals surface area contributed by atoms with E-state index in [2.05, 4.69) is 10.2 Å². The molecular weight excluding hydrogens is 313 g/mol. The van der Waals surface area contributed by atoms with E-state index < -0.39 is 0 Å². The molecule has 1 aromatic rings. The summed E-state index contributed by atoms with van der Waals surface area (Å²) in [5.74, 6) is 0.194. The molecule has 5 nitrogen and oxygen atoms in total. The Bertz CT molecular complexity index is 494. The number of anilines is 2. The molecule has 0 saturated carbocycles. The number of piperidine rings is 1. The van der Waals surface area contributed by atoms with Crippen LogP contribution >= 0.6 is 23.2 Å². The molecule has 21 heavy (non-hydrogen) atoms. The van der Waals surface area contributed by atoms with Gasteiger partial charge in [-0.3, -0.25) is 9.69 Å². The van der Waals surface area contributed by atoms with Crippen LogP contribution in [-0.4, -0.2) is 42.2 Å². The summed E-state index contributed by atoms with van der Waals surface area (Å²) in [7, 11) is 0. The summed E-state index contributed by atoms with van der Waals surface area (Å²) < 4.78 is 0. The fourth-order valence-corrected chi connectivity index (χ4v) is 2.99. The number of carbonyl (C=O) groups is 1. The SMILES string of the molecule is Nc1cc(Cl)cc(Cl)c1NC(=O)CN1CCC(CO)CC1. The molecule has 0 spiro atoms. The van der Waals surface area contributed by atoms with E-state index in [1.165, 1.54) is 0 Å². The average Bonchev–Trinajstić information content (AvgIpc) is 2.43. The van der Waals surface area contributed by atoms with Crippen LogP contribution in [0.5, 0.6) is 0 Å². The average molecular weight is 332 g/mol. The maximum atomic E-state index is 12.1. The molecule has 2 rings (SSSR count). The number of aliphatic hydroxyl groups is 1. The van der Waals surface area contributed by atoms with Crippen molar-refractivity contribution in [1.29, 1.82) is 0 Å². The first-order chi connectivity index (χ1) is 9.99. The van der Waals surface area contributed by atoms with Gasteiger partial charge in [0.1, 0.15) is 0 Å². The number of rotatable bonds is 4. The van der Waals surface area contributed by atoms with Crippen molar-refractivity contribution in [2.24, 2.45) is 5.92 Å². The van der Waals surface area contributed by atoms with Gasteiger partial charge >= 0.3 is 0 Å². The quantitative estimate of drug-likeness (QED) is 0.739. The number of nitrogens with zero attached hydrogens (tertiary/aromatic N) is 1. The Morgan fingerprint density at radius 2 is 2.05 bits per heavy atom. The van der Waals surface area contributed by atoms with E-state index in [0.717, 1.165) is 25.9 Å². The molecular formula is C14H19Cl2N3O2. The molecule has 1 aliphatic rings. The second kappa shape index (κ2) is 7.31. The van der Waals surface area contributed by atoms with Gasteiger partial charge in [-0.05, 0) is 44.0 Å². The maximum absolute atomic E-state index is 12.1. The standard InChI is InChI=1S/C14H19Cl2N3O2/c15-10-5-11(16)14(12(17)6-10)18-13(21)7-19-3-1-9(8-20)2-4-19/h5-6,9,20H,1-4,7-8,17H2,(H,18,21). The number of benzene rings is 1. The smallest absolute Gasteiger partial charge is 0.238 e. The number of nitrogens with one attached hydrogen (secondary N) is 1. The Morgan fingerprint density at radius 1 is 1.38 bits per heavy atom. The summed E-state index contributed by atoms with van der Waals surface area (Å²) in [5, 5.41) is 12.6. The van der Waals surface area contributed by atoms with Gasteiger partial charge in [-0.25, -0.2) is 0 Å². The normalized spacial score (nSPS) is 16.9. The number of amides is 1. The molecule has 1 heterocycles. The number of hydrogen-bond acceptors (Lipinski definition) is 4. The van der Waals surface area contributed by atoms with E-state index in [9.17, 15) is 4.79 Å². The topological polar surface area (TPSA) is 78.6 Å². The lowest BCUT2D eigenvalue weighted by molar-refractivity contribution is -0.117. The van der Waals surface area contributed by atoms with Crippen molar-refractivity contribution in [2.75, 3.05) is 37.3 Å². The minimum atomic E-state index is -0.159. The molecule has 0 radical (unpaired) electrons. The largest absolute Gasteiger partial charge is 0.397 e. The summed E-state index contributed by atoms with van der Waals surface area (Å²) in [6, 6.07) is 3.09. The Hall–Kier alpha value is -1.01. The van der Waals surface area contributed by atoms with Crippen LogP contribution in [0.2, 0.25) is 10.0 Å². The molecule has 1 aromatic carbocycles. The van der Waals surface area contributed by atoms with Gasteiger partial charge in [-0.2, -0.15) is 0 Å². The number of aliphatic hydroxyl groups excluding tert-OH is 1. The van der Waals surface area contributed by atoms with Crippen LogP contribution in [0.25, 0.3) is 0 Å². The first-order valence-electron chi connectivity index (χ1n) is 6.87. The third-order valence-electron chi connectivity index (χ3n) is 3.68. The third kappa shape index (κ3) is 4.48. The summed E-state index contributed by atoms with van der Waals surface area (Å²) >= 11 is 11.9. The predicted molar refractivity (Wildman–Crippen MR) is 85.8 cm³/mol. The lowest BCUT2D eigenvalue weighted by Crippen LogP contribution is -2.39.